The van der Waals surface area contributed by atoms with E-state index in [4.69, 9.17) is 9.47 Å². The lowest BCUT2D eigenvalue weighted by Gasteiger charge is -2.24. The van der Waals surface area contributed by atoms with Gasteiger partial charge in [0.15, 0.2) is 0 Å². The molecule has 0 saturated carbocycles. The Kier molecular flexibility index (Phi) is 7.40. The summed E-state index contributed by atoms with van der Waals surface area (Å²) >= 11 is 0. The molecule has 0 spiro atoms. The van der Waals surface area contributed by atoms with Gasteiger partial charge in [-0.3, -0.25) is 4.98 Å². The third-order valence-corrected chi connectivity index (χ3v) is 2.99. The van der Waals surface area contributed by atoms with Crippen LogP contribution in [0.2, 0.25) is 0 Å². The SMILES string of the molecule is CC[C@H](O)c1ccc(N(CCOC)CCOC)cn1. The molecule has 0 amide bonds. The summed E-state index contributed by atoms with van der Waals surface area (Å²) in [6.07, 6.45) is 1.98. The standard InChI is InChI=1S/C14H24N2O3/c1-4-14(17)13-6-5-12(11-15-13)16(7-9-18-2)8-10-19-3/h5-6,11,14,17H,4,7-10H2,1-3H3/t14-/m0/s1. The van der Waals surface area contributed by atoms with Gasteiger partial charge in [-0.05, 0) is 18.6 Å². The molecule has 0 aromatic carbocycles. The average molecular weight is 268 g/mol. The van der Waals surface area contributed by atoms with Crippen LogP contribution in [-0.2, 0) is 9.47 Å². The van der Waals surface area contributed by atoms with Gasteiger partial charge in [-0.25, -0.2) is 0 Å². The first-order valence-electron chi connectivity index (χ1n) is 6.59. The lowest BCUT2D eigenvalue weighted by Crippen LogP contribution is -2.30. The van der Waals surface area contributed by atoms with E-state index in [0.717, 1.165) is 18.8 Å². The van der Waals surface area contributed by atoms with E-state index in [0.29, 0.717) is 25.3 Å². The largest absolute Gasteiger partial charge is 0.387 e. The third kappa shape index (κ3) is 5.14. The Morgan fingerprint density at radius 3 is 2.26 bits per heavy atom. The van der Waals surface area contributed by atoms with Crippen molar-refractivity contribution in [2.45, 2.75) is 19.4 Å². The Labute approximate surface area is 115 Å². The topological polar surface area (TPSA) is 54.8 Å². The Morgan fingerprint density at radius 1 is 1.21 bits per heavy atom. The molecular weight excluding hydrogens is 244 g/mol. The molecule has 1 rings (SSSR count). The van der Waals surface area contributed by atoms with Crippen LogP contribution in [0.4, 0.5) is 5.69 Å². The molecule has 0 unspecified atom stereocenters. The van der Waals surface area contributed by atoms with Crippen molar-refractivity contribution in [2.75, 3.05) is 45.4 Å². The normalized spacial score (nSPS) is 12.4. The van der Waals surface area contributed by atoms with Gasteiger partial charge in [0.2, 0.25) is 0 Å². The van der Waals surface area contributed by atoms with E-state index in [1.807, 2.05) is 19.1 Å². The van der Waals surface area contributed by atoms with Crippen LogP contribution in [0.5, 0.6) is 0 Å². The van der Waals surface area contributed by atoms with Crippen LogP contribution in [0, 0.1) is 0 Å². The van der Waals surface area contributed by atoms with Gasteiger partial charge in [-0.15, -0.1) is 0 Å². The summed E-state index contributed by atoms with van der Waals surface area (Å²) < 4.78 is 10.2. The number of aliphatic hydroxyl groups excluding tert-OH is 1. The molecule has 0 radical (unpaired) electrons. The molecule has 0 fully saturated rings. The van der Waals surface area contributed by atoms with E-state index in [1.54, 1.807) is 20.4 Å². The molecule has 5 heteroatoms. The van der Waals surface area contributed by atoms with Crippen molar-refractivity contribution in [1.82, 2.24) is 4.98 Å². The quantitative estimate of drug-likeness (QED) is 0.737. The van der Waals surface area contributed by atoms with Gasteiger partial charge in [-0.2, -0.15) is 0 Å². The van der Waals surface area contributed by atoms with Gasteiger partial charge in [0.1, 0.15) is 0 Å². The number of pyridine rings is 1. The second kappa shape index (κ2) is 8.85. The Morgan fingerprint density at radius 2 is 1.84 bits per heavy atom. The minimum absolute atomic E-state index is 0.486. The highest BCUT2D eigenvalue weighted by Gasteiger charge is 2.09. The summed E-state index contributed by atoms with van der Waals surface area (Å²) in [5, 5.41) is 9.73. The molecule has 0 aliphatic rings. The summed E-state index contributed by atoms with van der Waals surface area (Å²) in [6.45, 7) is 4.82. The number of aromatic nitrogens is 1. The number of anilines is 1. The van der Waals surface area contributed by atoms with Crippen molar-refractivity contribution in [1.29, 1.82) is 0 Å². The maximum Gasteiger partial charge on any atom is 0.0957 e. The predicted octanol–water partition coefficient (Wildman–Crippen LogP) is 1.62. The van der Waals surface area contributed by atoms with E-state index in [1.165, 1.54) is 0 Å². The smallest absolute Gasteiger partial charge is 0.0957 e. The second-order valence-corrected chi connectivity index (χ2v) is 4.34. The fourth-order valence-electron chi connectivity index (χ4n) is 1.76. The molecule has 0 aliphatic heterocycles. The fourth-order valence-corrected chi connectivity index (χ4v) is 1.76. The Bertz CT molecular complexity index is 335. The number of hydrogen-bond acceptors (Lipinski definition) is 5. The number of ether oxygens (including phenoxy) is 2. The van der Waals surface area contributed by atoms with E-state index >= 15 is 0 Å². The van der Waals surface area contributed by atoms with Crippen molar-refractivity contribution < 1.29 is 14.6 Å². The van der Waals surface area contributed by atoms with Crippen molar-refractivity contribution in [3.63, 3.8) is 0 Å². The number of nitrogens with zero attached hydrogens (tertiary/aromatic N) is 2. The highest BCUT2D eigenvalue weighted by Crippen LogP contribution is 2.18. The highest BCUT2D eigenvalue weighted by molar-refractivity contribution is 5.44. The maximum atomic E-state index is 9.73. The molecule has 19 heavy (non-hydrogen) atoms. The van der Waals surface area contributed by atoms with Crippen LogP contribution in [0.15, 0.2) is 18.3 Å². The first-order chi connectivity index (χ1) is 9.22. The van der Waals surface area contributed by atoms with Crippen LogP contribution in [0.3, 0.4) is 0 Å². The van der Waals surface area contributed by atoms with Crippen molar-refractivity contribution in [2.24, 2.45) is 0 Å². The lowest BCUT2D eigenvalue weighted by molar-refractivity contribution is 0.169. The molecule has 0 aliphatic carbocycles. The molecule has 1 atom stereocenters. The van der Waals surface area contributed by atoms with Gasteiger partial charge < -0.3 is 19.5 Å². The Balaban J connectivity index is 2.71. The number of rotatable bonds is 9. The molecule has 1 aromatic heterocycles. The zero-order valence-corrected chi connectivity index (χ0v) is 12.0. The number of hydrogen-bond donors (Lipinski definition) is 1. The van der Waals surface area contributed by atoms with Crippen molar-refractivity contribution in [3.05, 3.63) is 24.0 Å². The minimum atomic E-state index is -0.486. The summed E-state index contributed by atoms with van der Waals surface area (Å²) in [5.74, 6) is 0. The molecule has 1 aromatic rings. The molecule has 0 bridgehead atoms. The van der Waals surface area contributed by atoms with Crippen LogP contribution in [0.1, 0.15) is 25.1 Å². The highest BCUT2D eigenvalue weighted by atomic mass is 16.5. The van der Waals surface area contributed by atoms with Gasteiger partial charge in [0.25, 0.3) is 0 Å². The van der Waals surface area contributed by atoms with E-state index < -0.39 is 6.10 Å². The van der Waals surface area contributed by atoms with Gasteiger partial charge >= 0.3 is 0 Å². The number of methoxy groups -OCH3 is 2. The summed E-state index contributed by atoms with van der Waals surface area (Å²) in [5.41, 5.74) is 1.73. The van der Waals surface area contributed by atoms with E-state index in [-0.39, 0.29) is 0 Å². The first-order valence-corrected chi connectivity index (χ1v) is 6.59. The van der Waals surface area contributed by atoms with Crippen LogP contribution >= 0.6 is 0 Å². The van der Waals surface area contributed by atoms with Gasteiger partial charge in [0.05, 0.1) is 36.9 Å². The van der Waals surface area contributed by atoms with E-state index in [9.17, 15) is 5.11 Å². The molecule has 1 N–H and O–H groups in total. The predicted molar refractivity (Wildman–Crippen MR) is 75.5 cm³/mol. The molecule has 5 nitrogen and oxygen atoms in total. The molecule has 108 valence electrons. The number of aliphatic hydroxyl groups is 1. The van der Waals surface area contributed by atoms with Gasteiger partial charge in [0, 0.05) is 27.3 Å². The third-order valence-electron chi connectivity index (χ3n) is 2.99. The van der Waals surface area contributed by atoms with Crippen molar-refractivity contribution in [3.8, 4) is 0 Å². The molecule has 1 heterocycles. The minimum Gasteiger partial charge on any atom is -0.387 e. The van der Waals surface area contributed by atoms with Crippen LogP contribution < -0.4 is 4.90 Å². The fraction of sp³-hybridized carbons (Fsp3) is 0.643. The molecular formula is C14H24N2O3. The van der Waals surface area contributed by atoms with Gasteiger partial charge in [-0.1, -0.05) is 6.92 Å². The van der Waals surface area contributed by atoms with Crippen LogP contribution in [-0.4, -0.2) is 50.6 Å². The van der Waals surface area contributed by atoms with Crippen molar-refractivity contribution >= 4 is 5.69 Å². The summed E-state index contributed by atoms with van der Waals surface area (Å²) in [6, 6.07) is 3.85. The second-order valence-electron chi connectivity index (χ2n) is 4.34. The van der Waals surface area contributed by atoms with Crippen LogP contribution in [0.25, 0.3) is 0 Å². The first kappa shape index (κ1) is 15.9. The average Bonchev–Trinajstić information content (AvgIpc) is 2.47. The monoisotopic (exact) mass is 268 g/mol. The van der Waals surface area contributed by atoms with E-state index in [2.05, 4.69) is 9.88 Å². The summed E-state index contributed by atoms with van der Waals surface area (Å²) in [4.78, 5) is 6.47. The summed E-state index contributed by atoms with van der Waals surface area (Å²) in [7, 11) is 3.38. The maximum absolute atomic E-state index is 9.73. The zero-order chi connectivity index (χ0) is 14.1. The zero-order valence-electron chi connectivity index (χ0n) is 12.0. The Hall–Kier alpha value is -1.17. The molecule has 0 saturated heterocycles. The lowest BCUT2D eigenvalue weighted by atomic mass is 10.2.